The Balaban J connectivity index is 1.39. The van der Waals surface area contributed by atoms with Crippen molar-refractivity contribution in [1.82, 2.24) is 10.3 Å². The van der Waals surface area contributed by atoms with Gasteiger partial charge < -0.3 is 14.8 Å². The number of para-hydroxylation sites is 1. The van der Waals surface area contributed by atoms with E-state index >= 15 is 0 Å². The molecule has 0 unspecified atom stereocenters. The number of nitrogens with zero attached hydrogens (tertiary/aromatic N) is 1. The third-order valence-corrected chi connectivity index (χ3v) is 6.92. The molecule has 1 aromatic heterocycles. The summed E-state index contributed by atoms with van der Waals surface area (Å²) in [5, 5.41) is 3.68. The molecule has 4 nitrogen and oxygen atoms in total. The number of hydrogen-bond donors (Lipinski definition) is 1. The molecule has 29 heavy (non-hydrogen) atoms. The molecule has 4 heteroatoms. The van der Waals surface area contributed by atoms with E-state index in [2.05, 4.69) is 29.6 Å². The number of nitrogens with one attached hydrogen (secondary N) is 1. The van der Waals surface area contributed by atoms with E-state index in [9.17, 15) is 0 Å². The van der Waals surface area contributed by atoms with Crippen LogP contribution in [0.5, 0.6) is 5.75 Å². The van der Waals surface area contributed by atoms with E-state index in [1.807, 2.05) is 24.4 Å². The third kappa shape index (κ3) is 4.65. The fraction of sp³-hybridized carbons (Fsp3) is 0.560. The van der Waals surface area contributed by atoms with Crippen molar-refractivity contribution in [3.05, 3.63) is 59.9 Å². The van der Waals surface area contributed by atoms with E-state index in [4.69, 9.17) is 14.5 Å². The molecule has 0 bridgehead atoms. The highest BCUT2D eigenvalue weighted by atomic mass is 16.5. The Morgan fingerprint density at radius 1 is 1.03 bits per heavy atom. The molecule has 1 aliphatic heterocycles. The van der Waals surface area contributed by atoms with Crippen LogP contribution in [0.15, 0.2) is 48.7 Å². The second-order valence-corrected chi connectivity index (χ2v) is 8.72. The Morgan fingerprint density at radius 2 is 1.86 bits per heavy atom. The zero-order chi connectivity index (χ0) is 20.0. The summed E-state index contributed by atoms with van der Waals surface area (Å²) in [6, 6.07) is 14.7. The maximum atomic E-state index is 6.35. The highest BCUT2D eigenvalue weighted by molar-refractivity contribution is 5.33. The topological polar surface area (TPSA) is 43.4 Å². The molecule has 4 rings (SSSR count). The second-order valence-electron chi connectivity index (χ2n) is 8.72. The van der Waals surface area contributed by atoms with Crippen molar-refractivity contribution in [1.29, 1.82) is 0 Å². The summed E-state index contributed by atoms with van der Waals surface area (Å²) >= 11 is 0. The van der Waals surface area contributed by atoms with Crippen molar-refractivity contribution in [2.45, 2.75) is 62.4 Å². The summed E-state index contributed by atoms with van der Waals surface area (Å²) < 4.78 is 11.8. The molecule has 2 fully saturated rings. The highest BCUT2D eigenvalue weighted by Crippen LogP contribution is 2.49. The summed E-state index contributed by atoms with van der Waals surface area (Å²) in [6.07, 6.45) is 11.2. The number of ether oxygens (including phenoxy) is 2. The van der Waals surface area contributed by atoms with E-state index < -0.39 is 0 Å². The molecule has 1 N–H and O–H groups in total. The Labute approximate surface area is 175 Å². The first-order valence-corrected chi connectivity index (χ1v) is 11.1. The smallest absolute Gasteiger partial charge is 0.122 e. The monoisotopic (exact) mass is 394 g/mol. The van der Waals surface area contributed by atoms with Gasteiger partial charge in [0.2, 0.25) is 0 Å². The van der Waals surface area contributed by atoms with E-state index in [1.54, 1.807) is 7.11 Å². The maximum Gasteiger partial charge on any atom is 0.122 e. The minimum absolute atomic E-state index is 0.0905. The summed E-state index contributed by atoms with van der Waals surface area (Å²) in [4.78, 5) is 4.80. The van der Waals surface area contributed by atoms with Gasteiger partial charge in [-0.1, -0.05) is 37.1 Å². The summed E-state index contributed by atoms with van der Waals surface area (Å²) in [5.74, 6) is 0.979. The number of pyridine rings is 1. The van der Waals surface area contributed by atoms with Gasteiger partial charge >= 0.3 is 0 Å². The molecule has 0 amide bonds. The van der Waals surface area contributed by atoms with E-state index in [0.717, 1.165) is 51.1 Å². The zero-order valence-electron chi connectivity index (χ0n) is 17.7. The van der Waals surface area contributed by atoms with Crippen LogP contribution in [-0.4, -0.2) is 37.4 Å². The number of methoxy groups -OCH3 is 1. The van der Waals surface area contributed by atoms with Gasteiger partial charge in [0.1, 0.15) is 5.75 Å². The average molecular weight is 395 g/mol. The van der Waals surface area contributed by atoms with Crippen LogP contribution in [0.3, 0.4) is 0 Å². The molecular formula is C25H34N2O2. The molecule has 1 saturated carbocycles. The van der Waals surface area contributed by atoms with E-state index in [-0.39, 0.29) is 11.0 Å². The van der Waals surface area contributed by atoms with Crippen LogP contribution in [-0.2, 0) is 16.6 Å². The van der Waals surface area contributed by atoms with Crippen molar-refractivity contribution in [2.24, 2.45) is 0 Å². The molecule has 1 aliphatic carbocycles. The molecule has 1 saturated heterocycles. The second kappa shape index (κ2) is 9.27. The van der Waals surface area contributed by atoms with Gasteiger partial charge in [-0.2, -0.15) is 0 Å². The maximum absolute atomic E-state index is 6.35. The lowest BCUT2D eigenvalue weighted by atomic mass is 9.68. The fourth-order valence-electron chi connectivity index (χ4n) is 5.38. The lowest BCUT2D eigenvalue weighted by molar-refractivity contribution is -0.104. The number of hydrogen-bond acceptors (Lipinski definition) is 4. The lowest BCUT2D eigenvalue weighted by Gasteiger charge is -2.46. The van der Waals surface area contributed by atoms with Gasteiger partial charge in [0.15, 0.2) is 0 Å². The van der Waals surface area contributed by atoms with Crippen molar-refractivity contribution in [3.8, 4) is 5.75 Å². The summed E-state index contributed by atoms with van der Waals surface area (Å²) in [6.45, 7) is 2.82. The van der Waals surface area contributed by atoms with Gasteiger partial charge in [-0.3, -0.25) is 4.98 Å². The third-order valence-electron chi connectivity index (χ3n) is 6.92. The lowest BCUT2D eigenvalue weighted by Crippen LogP contribution is -2.47. The van der Waals surface area contributed by atoms with Crippen LogP contribution in [0, 0.1) is 0 Å². The molecule has 2 aromatic rings. The van der Waals surface area contributed by atoms with Gasteiger partial charge in [0.25, 0.3) is 0 Å². The van der Waals surface area contributed by atoms with Crippen LogP contribution in [0.1, 0.15) is 56.2 Å². The Bertz CT molecular complexity index is 773. The van der Waals surface area contributed by atoms with Gasteiger partial charge in [0.05, 0.1) is 12.7 Å². The van der Waals surface area contributed by atoms with Gasteiger partial charge in [-0.05, 0) is 75.4 Å². The SMILES string of the molecule is COc1ccccc1CCNCC[C@]1(c2ccccn2)CCOC2(CCCC2)C1. The zero-order valence-corrected chi connectivity index (χ0v) is 17.7. The predicted molar refractivity (Wildman–Crippen MR) is 116 cm³/mol. The van der Waals surface area contributed by atoms with E-state index in [1.165, 1.54) is 36.9 Å². The number of rotatable bonds is 8. The quantitative estimate of drug-likeness (QED) is 0.661. The first kappa shape index (κ1) is 20.4. The predicted octanol–water partition coefficient (Wildman–Crippen LogP) is 4.67. The van der Waals surface area contributed by atoms with Gasteiger partial charge in [0, 0.05) is 23.9 Å². The normalized spacial score (nSPS) is 23.3. The largest absolute Gasteiger partial charge is 0.496 e. The molecular weight excluding hydrogens is 360 g/mol. The fourth-order valence-corrected chi connectivity index (χ4v) is 5.38. The van der Waals surface area contributed by atoms with Crippen molar-refractivity contribution >= 4 is 0 Å². The minimum Gasteiger partial charge on any atom is -0.496 e. The van der Waals surface area contributed by atoms with Crippen LogP contribution >= 0.6 is 0 Å². The molecule has 1 aromatic carbocycles. The van der Waals surface area contributed by atoms with Crippen molar-refractivity contribution in [2.75, 3.05) is 26.8 Å². The van der Waals surface area contributed by atoms with Crippen molar-refractivity contribution in [3.63, 3.8) is 0 Å². The van der Waals surface area contributed by atoms with E-state index in [0.29, 0.717) is 0 Å². The van der Waals surface area contributed by atoms with Crippen LogP contribution in [0.2, 0.25) is 0 Å². The van der Waals surface area contributed by atoms with Crippen LogP contribution < -0.4 is 10.1 Å². The van der Waals surface area contributed by atoms with Crippen LogP contribution in [0.25, 0.3) is 0 Å². The molecule has 1 atom stereocenters. The summed E-state index contributed by atoms with van der Waals surface area (Å²) in [5.41, 5.74) is 2.73. The number of benzene rings is 1. The van der Waals surface area contributed by atoms with Crippen LogP contribution in [0.4, 0.5) is 0 Å². The molecule has 0 radical (unpaired) electrons. The Hall–Kier alpha value is -1.91. The first-order valence-electron chi connectivity index (χ1n) is 11.1. The Morgan fingerprint density at radius 3 is 2.66 bits per heavy atom. The van der Waals surface area contributed by atoms with Crippen molar-refractivity contribution < 1.29 is 9.47 Å². The Kier molecular flexibility index (Phi) is 6.51. The van der Waals surface area contributed by atoms with Gasteiger partial charge in [-0.15, -0.1) is 0 Å². The molecule has 1 spiro atoms. The minimum atomic E-state index is 0.0905. The summed E-state index contributed by atoms with van der Waals surface area (Å²) in [7, 11) is 1.74. The van der Waals surface area contributed by atoms with Gasteiger partial charge in [-0.25, -0.2) is 0 Å². The molecule has 2 heterocycles. The highest BCUT2D eigenvalue weighted by Gasteiger charge is 2.48. The standard InChI is InChI=1S/C25H34N2O2/c1-28-22-9-3-2-8-21(22)11-17-26-18-14-24(23-10-4-7-16-27-23)15-19-29-25(20-24)12-5-6-13-25/h2-4,7-10,16,26H,5-6,11-15,17-20H2,1H3/t24-/m0/s1. The molecule has 156 valence electrons. The average Bonchev–Trinajstić information content (AvgIpc) is 3.21. The molecule has 2 aliphatic rings. The first-order chi connectivity index (χ1) is 14.3. The number of aromatic nitrogens is 1.